The first kappa shape index (κ1) is 16.4. The normalized spacial score (nSPS) is 11.9. The summed E-state index contributed by atoms with van der Waals surface area (Å²) < 4.78 is 5.30. The molecule has 20 heavy (non-hydrogen) atoms. The Bertz CT molecular complexity index is 418. The van der Waals surface area contributed by atoms with E-state index < -0.39 is 6.04 Å². The number of aryl methyl sites for hydroxylation is 1. The van der Waals surface area contributed by atoms with Crippen molar-refractivity contribution in [2.45, 2.75) is 25.8 Å². The molecular formula is C16H24N2O2. The zero-order chi connectivity index (χ0) is 14.8. The number of rotatable bonds is 9. The minimum Gasteiger partial charge on any atom is -0.375 e. The van der Waals surface area contributed by atoms with E-state index in [1.54, 1.807) is 0 Å². The van der Waals surface area contributed by atoms with Crippen LogP contribution < -0.4 is 11.1 Å². The molecule has 0 aliphatic rings. The van der Waals surface area contributed by atoms with Gasteiger partial charge in [-0.2, -0.15) is 0 Å². The third kappa shape index (κ3) is 7.07. The van der Waals surface area contributed by atoms with E-state index in [2.05, 4.69) is 11.9 Å². The van der Waals surface area contributed by atoms with Crippen molar-refractivity contribution in [2.75, 3.05) is 19.8 Å². The van der Waals surface area contributed by atoms with Crippen LogP contribution in [0, 0.1) is 0 Å². The van der Waals surface area contributed by atoms with Crippen LogP contribution in [0.15, 0.2) is 42.5 Å². The average molecular weight is 276 g/mol. The van der Waals surface area contributed by atoms with Gasteiger partial charge in [0.25, 0.3) is 0 Å². The second-order valence-corrected chi connectivity index (χ2v) is 4.93. The maximum atomic E-state index is 11.8. The van der Waals surface area contributed by atoms with Crippen LogP contribution in [0.25, 0.3) is 0 Å². The van der Waals surface area contributed by atoms with Gasteiger partial charge in [-0.3, -0.25) is 4.79 Å². The fourth-order valence-electron chi connectivity index (χ4n) is 1.72. The van der Waals surface area contributed by atoms with E-state index in [0.717, 1.165) is 12.0 Å². The highest BCUT2D eigenvalue weighted by molar-refractivity contribution is 5.81. The lowest BCUT2D eigenvalue weighted by molar-refractivity contribution is -0.122. The number of ether oxygens (including phenoxy) is 1. The van der Waals surface area contributed by atoms with Gasteiger partial charge in [0.2, 0.25) is 5.91 Å². The number of carbonyl (C=O) groups excluding carboxylic acids is 1. The fourth-order valence-corrected chi connectivity index (χ4v) is 1.72. The molecular weight excluding hydrogens is 252 g/mol. The molecule has 0 aliphatic carbocycles. The fraction of sp³-hybridized carbons (Fsp3) is 0.438. The molecule has 1 rings (SSSR count). The molecule has 0 aliphatic heterocycles. The summed E-state index contributed by atoms with van der Waals surface area (Å²) in [6.07, 6.45) is 1.45. The van der Waals surface area contributed by atoms with E-state index in [-0.39, 0.29) is 5.91 Å². The molecule has 1 amide bonds. The minimum absolute atomic E-state index is 0.125. The van der Waals surface area contributed by atoms with Gasteiger partial charge in [0, 0.05) is 6.54 Å². The van der Waals surface area contributed by atoms with Crippen molar-refractivity contribution in [2.24, 2.45) is 5.73 Å². The summed E-state index contributed by atoms with van der Waals surface area (Å²) in [5.74, 6) is -0.125. The summed E-state index contributed by atoms with van der Waals surface area (Å²) in [5, 5.41) is 2.77. The molecule has 1 aromatic carbocycles. The zero-order valence-corrected chi connectivity index (χ0v) is 12.1. The predicted molar refractivity (Wildman–Crippen MR) is 81.4 cm³/mol. The predicted octanol–water partition coefficient (Wildman–Crippen LogP) is 1.66. The van der Waals surface area contributed by atoms with Crippen LogP contribution in [0.2, 0.25) is 0 Å². The molecule has 0 aromatic heterocycles. The molecule has 0 unspecified atom stereocenters. The topological polar surface area (TPSA) is 64.3 Å². The zero-order valence-electron chi connectivity index (χ0n) is 12.1. The molecule has 0 saturated carbocycles. The SMILES string of the molecule is C=C(C)COCCNC(=O)[C@@H](N)CCc1ccccc1. The van der Waals surface area contributed by atoms with Crippen LogP contribution in [0.5, 0.6) is 0 Å². The number of amides is 1. The van der Waals surface area contributed by atoms with Gasteiger partial charge in [0.05, 0.1) is 19.3 Å². The van der Waals surface area contributed by atoms with Gasteiger partial charge >= 0.3 is 0 Å². The minimum atomic E-state index is -0.476. The maximum absolute atomic E-state index is 11.8. The standard InChI is InChI=1S/C16H24N2O2/c1-13(2)12-20-11-10-18-16(19)15(17)9-8-14-6-4-3-5-7-14/h3-7,15H,1,8-12,17H2,2H3,(H,18,19)/t15-/m0/s1. The van der Waals surface area contributed by atoms with Crippen LogP contribution in [0.4, 0.5) is 0 Å². The van der Waals surface area contributed by atoms with Crippen LogP contribution in [0.1, 0.15) is 18.9 Å². The number of nitrogens with two attached hydrogens (primary N) is 1. The second kappa shape index (κ2) is 9.28. The number of hydrogen-bond donors (Lipinski definition) is 2. The molecule has 0 fully saturated rings. The average Bonchev–Trinajstić information content (AvgIpc) is 2.45. The molecule has 0 radical (unpaired) electrons. The highest BCUT2D eigenvalue weighted by atomic mass is 16.5. The van der Waals surface area contributed by atoms with Crippen LogP contribution >= 0.6 is 0 Å². The van der Waals surface area contributed by atoms with Gasteiger partial charge in [0.15, 0.2) is 0 Å². The van der Waals surface area contributed by atoms with Gasteiger partial charge < -0.3 is 15.8 Å². The van der Waals surface area contributed by atoms with Gasteiger partial charge in [-0.1, -0.05) is 42.5 Å². The first-order valence-electron chi connectivity index (χ1n) is 6.89. The molecule has 4 nitrogen and oxygen atoms in total. The molecule has 3 N–H and O–H groups in total. The second-order valence-electron chi connectivity index (χ2n) is 4.93. The maximum Gasteiger partial charge on any atom is 0.237 e. The van der Waals surface area contributed by atoms with Gasteiger partial charge in [-0.05, 0) is 25.3 Å². The summed E-state index contributed by atoms with van der Waals surface area (Å²) in [6.45, 7) is 7.12. The van der Waals surface area contributed by atoms with Crippen molar-refractivity contribution < 1.29 is 9.53 Å². The Kier molecular flexibility index (Phi) is 7.62. The molecule has 1 aromatic rings. The largest absolute Gasteiger partial charge is 0.375 e. The smallest absolute Gasteiger partial charge is 0.237 e. The number of benzene rings is 1. The highest BCUT2D eigenvalue weighted by Gasteiger charge is 2.12. The van der Waals surface area contributed by atoms with E-state index in [1.807, 2.05) is 37.3 Å². The molecule has 0 bridgehead atoms. The van der Waals surface area contributed by atoms with Crippen molar-refractivity contribution in [1.82, 2.24) is 5.32 Å². The lowest BCUT2D eigenvalue weighted by Gasteiger charge is -2.12. The van der Waals surface area contributed by atoms with Gasteiger partial charge in [-0.25, -0.2) is 0 Å². The van der Waals surface area contributed by atoms with E-state index >= 15 is 0 Å². The van der Waals surface area contributed by atoms with E-state index in [0.29, 0.717) is 26.2 Å². The van der Waals surface area contributed by atoms with Crippen molar-refractivity contribution in [3.05, 3.63) is 48.0 Å². The molecule has 110 valence electrons. The molecule has 0 heterocycles. The number of carbonyl (C=O) groups is 1. The van der Waals surface area contributed by atoms with Crippen molar-refractivity contribution >= 4 is 5.91 Å². The first-order chi connectivity index (χ1) is 9.59. The number of hydrogen-bond acceptors (Lipinski definition) is 3. The Hall–Kier alpha value is -1.65. The summed E-state index contributed by atoms with van der Waals surface area (Å²) in [6, 6.07) is 9.55. The summed E-state index contributed by atoms with van der Waals surface area (Å²) in [7, 11) is 0. The van der Waals surface area contributed by atoms with E-state index in [4.69, 9.17) is 10.5 Å². The summed E-state index contributed by atoms with van der Waals surface area (Å²) >= 11 is 0. The molecule has 0 saturated heterocycles. The van der Waals surface area contributed by atoms with Crippen molar-refractivity contribution in [1.29, 1.82) is 0 Å². The Morgan fingerprint density at radius 1 is 1.40 bits per heavy atom. The summed E-state index contributed by atoms with van der Waals surface area (Å²) in [5.41, 5.74) is 8.02. The van der Waals surface area contributed by atoms with Gasteiger partial charge in [-0.15, -0.1) is 0 Å². The molecule has 0 spiro atoms. The lowest BCUT2D eigenvalue weighted by atomic mass is 10.1. The van der Waals surface area contributed by atoms with Crippen LogP contribution in [0.3, 0.4) is 0 Å². The van der Waals surface area contributed by atoms with Crippen molar-refractivity contribution in [3.63, 3.8) is 0 Å². The third-order valence-corrected chi connectivity index (χ3v) is 2.82. The lowest BCUT2D eigenvalue weighted by Crippen LogP contribution is -2.42. The molecule has 4 heteroatoms. The number of nitrogens with one attached hydrogen (secondary N) is 1. The Morgan fingerprint density at radius 2 is 2.10 bits per heavy atom. The molecule has 1 atom stereocenters. The first-order valence-corrected chi connectivity index (χ1v) is 6.89. The summed E-state index contributed by atoms with van der Waals surface area (Å²) in [4.78, 5) is 11.8. The quantitative estimate of drug-likeness (QED) is 0.532. The van der Waals surface area contributed by atoms with E-state index in [1.165, 1.54) is 5.56 Å². The highest BCUT2D eigenvalue weighted by Crippen LogP contribution is 2.03. The van der Waals surface area contributed by atoms with Crippen molar-refractivity contribution in [3.8, 4) is 0 Å². The van der Waals surface area contributed by atoms with Crippen LogP contribution in [-0.4, -0.2) is 31.7 Å². The Balaban J connectivity index is 2.14. The monoisotopic (exact) mass is 276 g/mol. The van der Waals surface area contributed by atoms with Crippen LogP contribution in [-0.2, 0) is 16.0 Å². The van der Waals surface area contributed by atoms with Gasteiger partial charge in [0.1, 0.15) is 0 Å². The van der Waals surface area contributed by atoms with E-state index in [9.17, 15) is 4.79 Å². The third-order valence-electron chi connectivity index (χ3n) is 2.82. The Labute approximate surface area is 121 Å². The Morgan fingerprint density at radius 3 is 2.75 bits per heavy atom.